The van der Waals surface area contributed by atoms with Gasteiger partial charge in [-0.15, -0.1) is 0 Å². The smallest absolute Gasteiger partial charge is 0.404 e. The number of para-hydroxylation sites is 1. The van der Waals surface area contributed by atoms with Gasteiger partial charge in [0.1, 0.15) is 27.5 Å². The molecular formula is C29H30BrN5O5. The number of hydrogen-bond acceptors (Lipinski definition) is 7. The Morgan fingerprint density at radius 2 is 1.95 bits per heavy atom. The molecule has 3 atom stereocenters. The summed E-state index contributed by atoms with van der Waals surface area (Å²) < 4.78 is 8.05. The lowest BCUT2D eigenvalue weighted by molar-refractivity contribution is -0.390. The lowest BCUT2D eigenvalue weighted by Crippen LogP contribution is -2.57. The molecule has 8 rings (SSSR count). The summed E-state index contributed by atoms with van der Waals surface area (Å²) >= 11 is 3.33. The number of aryl methyl sites for hydroxylation is 1. The van der Waals surface area contributed by atoms with Gasteiger partial charge in [-0.1, -0.05) is 18.2 Å². The van der Waals surface area contributed by atoms with Gasteiger partial charge in [0, 0.05) is 18.4 Å². The van der Waals surface area contributed by atoms with Crippen molar-refractivity contribution in [3.05, 3.63) is 74.3 Å². The first-order chi connectivity index (χ1) is 19.1. The highest BCUT2D eigenvalue weighted by molar-refractivity contribution is 9.10. The van der Waals surface area contributed by atoms with Crippen molar-refractivity contribution in [2.45, 2.75) is 69.9 Å². The maximum Gasteiger partial charge on any atom is 0.404 e. The lowest BCUT2D eigenvalue weighted by atomic mass is 9.46. The summed E-state index contributed by atoms with van der Waals surface area (Å²) in [5.74, 6) is 2.20. The van der Waals surface area contributed by atoms with E-state index in [4.69, 9.17) is 9.52 Å². The number of benzene rings is 1. The Morgan fingerprint density at radius 3 is 2.60 bits per heavy atom. The van der Waals surface area contributed by atoms with Crippen LogP contribution in [0.4, 0.5) is 5.82 Å². The van der Waals surface area contributed by atoms with Gasteiger partial charge in [0.25, 0.3) is 0 Å². The zero-order valence-corrected chi connectivity index (χ0v) is 23.7. The van der Waals surface area contributed by atoms with E-state index in [0.717, 1.165) is 44.3 Å². The number of phenols is 1. The summed E-state index contributed by atoms with van der Waals surface area (Å²) in [7, 11) is 0. The molecule has 0 unspecified atom stereocenters. The van der Waals surface area contributed by atoms with E-state index in [2.05, 4.69) is 21.0 Å². The molecule has 4 aliphatic carbocycles. The Morgan fingerprint density at radius 1 is 1.20 bits per heavy atom. The largest absolute Gasteiger partial charge is 0.508 e. The van der Waals surface area contributed by atoms with Crippen LogP contribution >= 0.6 is 15.9 Å². The second kappa shape index (κ2) is 9.02. The lowest BCUT2D eigenvalue weighted by Gasteiger charge is -2.61. The Bertz CT molecular complexity index is 1550. The highest BCUT2D eigenvalue weighted by Gasteiger charge is 2.61. The molecule has 4 fully saturated rings. The van der Waals surface area contributed by atoms with Crippen LogP contribution in [0.3, 0.4) is 0 Å². The molecule has 1 aromatic carbocycles. The van der Waals surface area contributed by atoms with Gasteiger partial charge in [0.15, 0.2) is 0 Å². The summed E-state index contributed by atoms with van der Waals surface area (Å²) in [5, 5.41) is 33.0. The average Bonchev–Trinajstić information content (AvgIpc) is 3.61. The number of nitrogens with zero attached hydrogens (tertiary/aromatic N) is 5. The van der Waals surface area contributed by atoms with Crippen molar-refractivity contribution in [1.29, 1.82) is 0 Å². The fourth-order valence-corrected chi connectivity index (χ4v) is 8.90. The van der Waals surface area contributed by atoms with Crippen LogP contribution in [0.1, 0.15) is 74.5 Å². The Balaban J connectivity index is 1.21. The Labute approximate surface area is 239 Å². The summed E-state index contributed by atoms with van der Waals surface area (Å²) in [6.07, 6.45) is 8.20. The van der Waals surface area contributed by atoms with Gasteiger partial charge in [0.05, 0.1) is 22.9 Å². The number of aromatic nitrogens is 2. The Hall–Kier alpha value is -3.47. The minimum absolute atomic E-state index is 0.0729. The SMILES string of the molecule is Cc1ccc(C2=NN(C(=O)CC34C[C@@H]5C[C@@H](C3)CC(n3cc(Br)c([N+](=O)[O-])n3)(C5)C4)[C@@H](c3ccccc3O)C2)o1. The predicted octanol–water partition coefficient (Wildman–Crippen LogP) is 6.22. The molecule has 10 nitrogen and oxygen atoms in total. The first kappa shape index (κ1) is 25.5. The maximum absolute atomic E-state index is 14.2. The quantitative estimate of drug-likeness (QED) is 0.261. The number of carbonyl (C=O) groups is 1. The molecule has 3 aromatic rings. The number of hydrogen-bond donors (Lipinski definition) is 1. The number of furan rings is 1. The monoisotopic (exact) mass is 607 g/mol. The summed E-state index contributed by atoms with van der Waals surface area (Å²) in [6.45, 7) is 1.87. The van der Waals surface area contributed by atoms with E-state index in [1.54, 1.807) is 23.3 Å². The number of carbonyl (C=O) groups excluding carboxylic acids is 1. The molecule has 5 aliphatic rings. The zero-order valence-electron chi connectivity index (χ0n) is 22.1. The van der Waals surface area contributed by atoms with Crippen molar-refractivity contribution in [2.75, 3.05) is 0 Å². The molecule has 2 aromatic heterocycles. The molecule has 3 heterocycles. The van der Waals surface area contributed by atoms with Crippen molar-refractivity contribution in [2.24, 2.45) is 22.4 Å². The van der Waals surface area contributed by atoms with E-state index in [9.17, 15) is 20.0 Å². The van der Waals surface area contributed by atoms with E-state index < -0.39 is 11.0 Å². The molecule has 4 bridgehead atoms. The van der Waals surface area contributed by atoms with E-state index in [1.807, 2.05) is 35.9 Å². The fraction of sp³-hybridized carbons (Fsp3) is 0.483. The molecule has 4 saturated carbocycles. The second-order valence-corrected chi connectivity index (χ2v) is 13.2. The minimum Gasteiger partial charge on any atom is -0.508 e. The standard InChI is InChI=1S/C29H30BrN5O5/c1-17-6-7-25(40-17)22-9-23(20-4-2-3-5-24(20)36)34(31-22)26(37)14-28-10-18-8-19(11-28)13-29(12-18,16-28)33-15-21(30)27(32-33)35(38)39/h2-7,15,18-19,23,36H,8-14,16H2,1H3/t18-,19-,23+,28?,29?/m0/s1. The van der Waals surface area contributed by atoms with Crippen LogP contribution < -0.4 is 0 Å². The molecule has 0 spiro atoms. The number of halogens is 1. The third-order valence-corrected chi connectivity index (χ3v) is 10.0. The first-order valence-electron chi connectivity index (χ1n) is 13.8. The van der Waals surface area contributed by atoms with Crippen LogP contribution in [0.2, 0.25) is 0 Å². The number of nitro groups is 1. The summed E-state index contributed by atoms with van der Waals surface area (Å²) in [5.41, 5.74) is 0.791. The van der Waals surface area contributed by atoms with Crippen LogP contribution in [0.15, 0.2) is 56.6 Å². The van der Waals surface area contributed by atoms with Crippen LogP contribution in [0.25, 0.3) is 0 Å². The molecule has 0 saturated heterocycles. The molecule has 0 radical (unpaired) electrons. The topological polar surface area (TPSA) is 127 Å². The molecule has 208 valence electrons. The van der Waals surface area contributed by atoms with E-state index in [1.165, 1.54) is 0 Å². The number of amides is 1. The number of phenolic OH excluding ortho intramolecular Hbond substituents is 1. The molecular weight excluding hydrogens is 578 g/mol. The van der Waals surface area contributed by atoms with Gasteiger partial charge in [-0.2, -0.15) is 9.78 Å². The third kappa shape index (κ3) is 4.08. The Kier molecular flexibility index (Phi) is 5.75. The number of aromatic hydroxyl groups is 1. The van der Waals surface area contributed by atoms with Gasteiger partial charge < -0.3 is 19.6 Å². The predicted molar refractivity (Wildman–Crippen MR) is 149 cm³/mol. The van der Waals surface area contributed by atoms with E-state index >= 15 is 0 Å². The van der Waals surface area contributed by atoms with Crippen molar-refractivity contribution in [1.82, 2.24) is 14.8 Å². The average molecular weight is 608 g/mol. The van der Waals surface area contributed by atoms with E-state index in [-0.39, 0.29) is 28.4 Å². The molecule has 1 aliphatic heterocycles. The summed E-state index contributed by atoms with van der Waals surface area (Å²) in [6, 6.07) is 10.4. The molecule has 40 heavy (non-hydrogen) atoms. The van der Waals surface area contributed by atoms with Crippen LogP contribution in [-0.2, 0) is 10.3 Å². The molecule has 11 heteroatoms. The molecule has 1 amide bonds. The number of rotatable bonds is 6. The number of hydrazone groups is 1. The van der Waals surface area contributed by atoms with Gasteiger partial charge in [-0.3, -0.25) is 4.79 Å². The fourth-order valence-electron chi connectivity index (χ4n) is 8.48. The third-order valence-electron chi connectivity index (χ3n) is 9.47. The van der Waals surface area contributed by atoms with E-state index in [0.29, 0.717) is 46.2 Å². The van der Waals surface area contributed by atoms with Crippen LogP contribution in [0.5, 0.6) is 5.75 Å². The van der Waals surface area contributed by atoms with Crippen molar-refractivity contribution >= 4 is 33.4 Å². The normalized spacial score (nSPS) is 30.6. The van der Waals surface area contributed by atoms with Crippen molar-refractivity contribution in [3.63, 3.8) is 0 Å². The highest BCUT2D eigenvalue weighted by Crippen LogP contribution is 2.65. The maximum atomic E-state index is 14.2. The van der Waals surface area contributed by atoms with Crippen LogP contribution in [-0.4, -0.2) is 36.4 Å². The minimum atomic E-state index is -0.455. The van der Waals surface area contributed by atoms with Crippen molar-refractivity contribution in [3.8, 4) is 5.75 Å². The van der Waals surface area contributed by atoms with Gasteiger partial charge in [-0.05, 0) is 102 Å². The zero-order chi connectivity index (χ0) is 27.8. The highest BCUT2D eigenvalue weighted by atomic mass is 79.9. The van der Waals surface area contributed by atoms with Gasteiger partial charge >= 0.3 is 5.82 Å². The summed E-state index contributed by atoms with van der Waals surface area (Å²) in [4.78, 5) is 25.3. The second-order valence-electron chi connectivity index (χ2n) is 12.3. The van der Waals surface area contributed by atoms with Crippen LogP contribution in [0, 0.1) is 34.3 Å². The van der Waals surface area contributed by atoms with Gasteiger partial charge in [0.2, 0.25) is 5.91 Å². The molecule has 1 N–H and O–H groups in total. The first-order valence-corrected chi connectivity index (χ1v) is 14.6. The van der Waals surface area contributed by atoms with Gasteiger partial charge in [-0.25, -0.2) is 5.01 Å². The van der Waals surface area contributed by atoms with Crippen molar-refractivity contribution < 1.29 is 19.2 Å².